The monoisotopic (exact) mass is 325 g/mol. The van der Waals surface area contributed by atoms with Crippen molar-refractivity contribution in [3.8, 4) is 0 Å². The largest absolute Gasteiger partial charge is 0.438 e. The van der Waals surface area contributed by atoms with Gasteiger partial charge in [-0.2, -0.15) is 0 Å². The van der Waals surface area contributed by atoms with Crippen molar-refractivity contribution in [3.63, 3.8) is 0 Å². The first-order chi connectivity index (χ1) is 10.2. The van der Waals surface area contributed by atoms with Gasteiger partial charge in [-0.1, -0.05) is 50.7 Å². The van der Waals surface area contributed by atoms with Crippen molar-refractivity contribution in [2.24, 2.45) is 0 Å². The van der Waals surface area contributed by atoms with Crippen LogP contribution in [0, 0.1) is 0 Å². The Bertz CT molecular complexity index is 457. The molecule has 2 heterocycles. The van der Waals surface area contributed by atoms with E-state index in [9.17, 15) is 9.90 Å². The molecule has 0 spiro atoms. The predicted octanol–water partition coefficient (Wildman–Crippen LogP) is 3.71. The molecule has 2 aliphatic heterocycles. The number of hydrogen-bond donors (Lipinski definition) is 1. The van der Waals surface area contributed by atoms with Crippen molar-refractivity contribution in [3.05, 3.63) is 11.3 Å². The Hall–Kier alpha value is -0.813. The first kappa shape index (κ1) is 17.5. The minimum Gasteiger partial charge on any atom is -0.438 e. The SMILES string of the molecule is CCCC/C=C(/C(O)C1(C)OC(=O)N2CCCC21)[Si](C)(C)C. The van der Waals surface area contributed by atoms with Crippen molar-refractivity contribution >= 4 is 14.2 Å². The van der Waals surface area contributed by atoms with Gasteiger partial charge in [0.05, 0.1) is 14.1 Å². The van der Waals surface area contributed by atoms with Crippen molar-refractivity contribution in [1.82, 2.24) is 4.90 Å². The lowest BCUT2D eigenvalue weighted by Gasteiger charge is -2.38. The maximum absolute atomic E-state index is 12.1. The van der Waals surface area contributed by atoms with Crippen LogP contribution in [-0.4, -0.2) is 48.5 Å². The predicted molar refractivity (Wildman–Crippen MR) is 91.6 cm³/mol. The van der Waals surface area contributed by atoms with Crippen molar-refractivity contribution in [2.45, 2.75) is 83.3 Å². The van der Waals surface area contributed by atoms with E-state index in [4.69, 9.17) is 4.74 Å². The smallest absolute Gasteiger partial charge is 0.410 e. The maximum atomic E-state index is 12.1. The number of ether oxygens (including phenoxy) is 1. The summed E-state index contributed by atoms with van der Waals surface area (Å²) in [7, 11) is -1.68. The van der Waals surface area contributed by atoms with E-state index in [1.165, 1.54) is 0 Å². The highest BCUT2D eigenvalue weighted by molar-refractivity contribution is 6.83. The standard InChI is InChI=1S/C17H31NO3Si/c1-6-7-8-10-13(22(3,4)5)15(19)17(2)14-11-9-12-18(14)16(20)21-17/h10,14-15,19H,6-9,11-12H2,1-5H3/b13-10-. The number of nitrogens with zero attached hydrogens (tertiary/aromatic N) is 1. The fourth-order valence-corrected chi connectivity index (χ4v) is 5.60. The van der Waals surface area contributed by atoms with Gasteiger partial charge in [-0.3, -0.25) is 0 Å². The van der Waals surface area contributed by atoms with Gasteiger partial charge in [-0.05, 0) is 26.2 Å². The number of hydrogen-bond acceptors (Lipinski definition) is 3. The molecule has 3 atom stereocenters. The number of allylic oxidation sites excluding steroid dienone is 1. The molecule has 2 rings (SSSR count). The normalized spacial score (nSPS) is 30.5. The average Bonchev–Trinajstić information content (AvgIpc) is 2.98. The third-order valence-corrected chi connectivity index (χ3v) is 7.29. The molecule has 5 heteroatoms. The van der Waals surface area contributed by atoms with Crippen molar-refractivity contribution in [2.75, 3.05) is 6.54 Å². The molecule has 22 heavy (non-hydrogen) atoms. The molecular formula is C17H31NO3Si. The van der Waals surface area contributed by atoms with Crippen LogP contribution in [0.4, 0.5) is 4.79 Å². The van der Waals surface area contributed by atoms with Crippen LogP contribution in [0.3, 0.4) is 0 Å². The Morgan fingerprint density at radius 2 is 2.23 bits per heavy atom. The van der Waals surface area contributed by atoms with Gasteiger partial charge in [0.25, 0.3) is 0 Å². The van der Waals surface area contributed by atoms with Crippen LogP contribution in [0.1, 0.15) is 46.0 Å². The number of aliphatic hydroxyl groups is 1. The number of rotatable bonds is 6. The fraction of sp³-hybridized carbons (Fsp3) is 0.824. The lowest BCUT2D eigenvalue weighted by Crippen LogP contribution is -2.53. The molecule has 0 aromatic rings. The summed E-state index contributed by atoms with van der Waals surface area (Å²) in [6.45, 7) is 11.6. The number of aliphatic hydroxyl groups excluding tert-OH is 1. The Labute approximate surface area is 135 Å². The molecule has 4 nitrogen and oxygen atoms in total. The van der Waals surface area contributed by atoms with Gasteiger partial charge in [0, 0.05) is 6.54 Å². The van der Waals surface area contributed by atoms with Gasteiger partial charge < -0.3 is 14.7 Å². The molecule has 2 aliphatic rings. The molecule has 0 bridgehead atoms. The second kappa shape index (κ2) is 6.36. The topological polar surface area (TPSA) is 49.8 Å². The van der Waals surface area contributed by atoms with E-state index in [2.05, 4.69) is 32.6 Å². The number of carbonyl (C=O) groups excluding carboxylic acids is 1. The maximum Gasteiger partial charge on any atom is 0.410 e. The summed E-state index contributed by atoms with van der Waals surface area (Å²) < 4.78 is 5.68. The second-order valence-corrected chi connectivity index (χ2v) is 12.9. The molecule has 0 aromatic heterocycles. The highest BCUT2D eigenvalue weighted by atomic mass is 28.3. The summed E-state index contributed by atoms with van der Waals surface area (Å²) in [4.78, 5) is 13.9. The summed E-state index contributed by atoms with van der Waals surface area (Å²) in [6.07, 6.45) is 6.47. The second-order valence-electron chi connectivity index (χ2n) is 7.86. The van der Waals surface area contributed by atoms with Crippen molar-refractivity contribution in [1.29, 1.82) is 0 Å². The molecule has 1 amide bonds. The van der Waals surface area contributed by atoms with E-state index in [1.807, 2.05) is 6.92 Å². The molecule has 0 radical (unpaired) electrons. The van der Waals surface area contributed by atoms with Crippen LogP contribution in [0.2, 0.25) is 19.6 Å². The van der Waals surface area contributed by atoms with Gasteiger partial charge in [0.1, 0.15) is 6.10 Å². The van der Waals surface area contributed by atoms with E-state index in [-0.39, 0.29) is 12.1 Å². The highest BCUT2D eigenvalue weighted by Crippen LogP contribution is 2.42. The Kier molecular flexibility index (Phi) is 5.07. The molecule has 0 aromatic carbocycles. The molecule has 2 fully saturated rings. The summed E-state index contributed by atoms with van der Waals surface area (Å²) in [5.41, 5.74) is -0.800. The molecule has 2 saturated heterocycles. The lowest BCUT2D eigenvalue weighted by atomic mass is 9.88. The number of unbranched alkanes of at least 4 members (excludes halogenated alkanes) is 2. The summed E-state index contributed by atoms with van der Waals surface area (Å²) in [5.74, 6) is 0. The molecule has 3 unspecified atom stereocenters. The Balaban J connectivity index is 2.28. The van der Waals surface area contributed by atoms with Crippen LogP contribution >= 0.6 is 0 Å². The molecule has 126 valence electrons. The third-order valence-electron chi connectivity index (χ3n) is 5.08. The van der Waals surface area contributed by atoms with Gasteiger partial charge in [-0.15, -0.1) is 0 Å². The average molecular weight is 326 g/mol. The van der Waals surface area contributed by atoms with E-state index in [0.29, 0.717) is 0 Å². The molecular weight excluding hydrogens is 294 g/mol. The Morgan fingerprint density at radius 3 is 2.82 bits per heavy atom. The zero-order valence-electron chi connectivity index (χ0n) is 14.7. The summed E-state index contributed by atoms with van der Waals surface area (Å²) in [5, 5.41) is 12.3. The third kappa shape index (κ3) is 3.11. The van der Waals surface area contributed by atoms with Gasteiger partial charge >= 0.3 is 6.09 Å². The van der Waals surface area contributed by atoms with Crippen molar-refractivity contribution < 1.29 is 14.6 Å². The van der Waals surface area contributed by atoms with Crippen LogP contribution in [0.15, 0.2) is 11.3 Å². The number of fused-ring (bicyclic) bond motifs is 1. The molecule has 1 N–H and O–H groups in total. The first-order valence-corrected chi connectivity index (χ1v) is 12.1. The minimum atomic E-state index is -1.68. The number of amides is 1. The van der Waals surface area contributed by atoms with Gasteiger partial charge in [-0.25, -0.2) is 4.79 Å². The zero-order valence-corrected chi connectivity index (χ0v) is 15.7. The van der Waals surface area contributed by atoms with E-state index in [1.54, 1.807) is 4.90 Å². The van der Waals surface area contributed by atoms with Crippen LogP contribution in [-0.2, 0) is 4.74 Å². The van der Waals surface area contributed by atoms with E-state index in [0.717, 1.165) is 43.8 Å². The van der Waals surface area contributed by atoms with Gasteiger partial charge in [0.15, 0.2) is 5.60 Å². The van der Waals surface area contributed by atoms with Crippen LogP contribution in [0.5, 0.6) is 0 Å². The quantitative estimate of drug-likeness (QED) is 0.598. The van der Waals surface area contributed by atoms with Gasteiger partial charge in [0.2, 0.25) is 0 Å². The first-order valence-electron chi connectivity index (χ1n) is 8.60. The Morgan fingerprint density at radius 1 is 1.55 bits per heavy atom. The lowest BCUT2D eigenvalue weighted by molar-refractivity contribution is -0.0382. The summed E-state index contributed by atoms with van der Waals surface area (Å²) in [6, 6.07) is 0.0147. The zero-order chi connectivity index (χ0) is 16.5. The number of carbonyl (C=O) groups is 1. The van der Waals surface area contributed by atoms with E-state index < -0.39 is 19.8 Å². The minimum absolute atomic E-state index is 0.0147. The molecule has 0 aliphatic carbocycles. The molecule has 0 saturated carbocycles. The van der Waals surface area contributed by atoms with Crippen LogP contribution < -0.4 is 0 Å². The highest BCUT2D eigenvalue weighted by Gasteiger charge is 2.57. The number of cyclic esters (lactones) is 1. The summed E-state index contributed by atoms with van der Waals surface area (Å²) >= 11 is 0. The van der Waals surface area contributed by atoms with Crippen LogP contribution in [0.25, 0.3) is 0 Å². The van der Waals surface area contributed by atoms with E-state index >= 15 is 0 Å². The fourth-order valence-electron chi connectivity index (χ4n) is 3.73.